The molecule has 30 heavy (non-hydrogen) atoms. The number of carbonyl (C=O) groups excluding carboxylic acids is 1. The lowest BCUT2D eigenvalue weighted by Crippen LogP contribution is -2.21. The lowest BCUT2D eigenvalue weighted by molar-refractivity contribution is -0.114. The van der Waals surface area contributed by atoms with Gasteiger partial charge < -0.3 is 14.6 Å². The van der Waals surface area contributed by atoms with Crippen LogP contribution in [0, 0.1) is 0 Å². The number of aromatic carboxylic acids is 1. The summed E-state index contributed by atoms with van der Waals surface area (Å²) in [4.78, 5) is 24.0. The molecule has 1 heterocycles. The number of carboxylic acids is 1. The molecule has 0 unspecified atom stereocenters. The van der Waals surface area contributed by atoms with Crippen LogP contribution in [-0.4, -0.2) is 36.4 Å². The van der Waals surface area contributed by atoms with Crippen molar-refractivity contribution in [2.45, 2.75) is 6.92 Å². The Bertz CT molecular complexity index is 1070. The third-order valence-corrected chi connectivity index (χ3v) is 5.05. The highest BCUT2D eigenvalue weighted by molar-refractivity contribution is 9.10. The van der Waals surface area contributed by atoms with Gasteiger partial charge in [-0.05, 0) is 55.0 Å². The van der Waals surface area contributed by atoms with E-state index in [0.29, 0.717) is 35.1 Å². The molecule has 0 saturated carbocycles. The van der Waals surface area contributed by atoms with Crippen molar-refractivity contribution >= 4 is 45.3 Å². The van der Waals surface area contributed by atoms with E-state index < -0.39 is 5.97 Å². The zero-order valence-corrected chi connectivity index (χ0v) is 18.0. The Kier molecular flexibility index (Phi) is 6.37. The normalized spacial score (nSPS) is 14.6. The number of hydrogen-bond donors (Lipinski definition) is 1. The zero-order valence-electron chi connectivity index (χ0n) is 16.4. The van der Waals surface area contributed by atoms with Crippen LogP contribution in [0.1, 0.15) is 22.8 Å². The van der Waals surface area contributed by atoms with Crippen molar-refractivity contribution < 1.29 is 24.2 Å². The highest BCUT2D eigenvalue weighted by Crippen LogP contribution is 2.35. The number of hydrogen-bond acceptors (Lipinski definition) is 5. The standard InChI is InChI=1S/C22H19BrN2O5/c1-4-9-30-20-12-18(23)15(11-19(20)29-3)10-17-13(2)24-25(21(17)26)16-7-5-14(6-8-16)22(27)28/h4-8,10-12H,1,9H2,2-3H3,(H,27,28)/b17-10-. The monoisotopic (exact) mass is 470 g/mol. The minimum Gasteiger partial charge on any atom is -0.493 e. The van der Waals surface area contributed by atoms with Gasteiger partial charge in [-0.2, -0.15) is 10.1 Å². The Labute approximate surface area is 182 Å². The van der Waals surface area contributed by atoms with E-state index in [2.05, 4.69) is 27.6 Å². The lowest BCUT2D eigenvalue weighted by Gasteiger charge is -2.13. The van der Waals surface area contributed by atoms with Crippen LogP contribution in [0.15, 0.2) is 64.2 Å². The van der Waals surface area contributed by atoms with Crippen LogP contribution in [0.4, 0.5) is 5.69 Å². The third-order valence-electron chi connectivity index (χ3n) is 4.36. The fourth-order valence-corrected chi connectivity index (χ4v) is 3.28. The van der Waals surface area contributed by atoms with Crippen LogP contribution in [0.3, 0.4) is 0 Å². The molecule has 7 nitrogen and oxygen atoms in total. The maximum atomic E-state index is 13.0. The van der Waals surface area contributed by atoms with Crippen LogP contribution < -0.4 is 14.5 Å². The number of methoxy groups -OCH3 is 1. The number of amides is 1. The molecule has 3 rings (SSSR count). The molecule has 0 radical (unpaired) electrons. The van der Waals surface area contributed by atoms with E-state index in [0.717, 1.165) is 10.0 Å². The van der Waals surface area contributed by atoms with Crippen LogP contribution in [0.5, 0.6) is 11.5 Å². The molecule has 1 N–H and O–H groups in total. The number of hydrazone groups is 1. The number of benzene rings is 2. The van der Waals surface area contributed by atoms with Crippen LogP contribution in [-0.2, 0) is 4.79 Å². The first kappa shape index (κ1) is 21.3. The Morgan fingerprint density at radius 1 is 1.27 bits per heavy atom. The van der Waals surface area contributed by atoms with E-state index in [1.54, 1.807) is 43.3 Å². The molecule has 1 aliphatic heterocycles. The topological polar surface area (TPSA) is 88.4 Å². The molecule has 0 saturated heterocycles. The van der Waals surface area contributed by atoms with Crippen molar-refractivity contribution in [1.29, 1.82) is 0 Å². The minimum absolute atomic E-state index is 0.136. The smallest absolute Gasteiger partial charge is 0.335 e. The quantitative estimate of drug-likeness (QED) is 0.474. The van der Waals surface area contributed by atoms with Crippen molar-refractivity contribution in [3.63, 3.8) is 0 Å². The molecule has 154 valence electrons. The van der Waals surface area contributed by atoms with Crippen LogP contribution >= 0.6 is 15.9 Å². The van der Waals surface area contributed by atoms with Gasteiger partial charge >= 0.3 is 5.97 Å². The summed E-state index contributed by atoms with van der Waals surface area (Å²) in [5.41, 5.74) is 2.30. The van der Waals surface area contributed by atoms with Gasteiger partial charge in [-0.25, -0.2) is 4.79 Å². The molecule has 0 aromatic heterocycles. The highest BCUT2D eigenvalue weighted by Gasteiger charge is 2.29. The minimum atomic E-state index is -1.03. The largest absolute Gasteiger partial charge is 0.493 e. The second kappa shape index (κ2) is 8.96. The summed E-state index contributed by atoms with van der Waals surface area (Å²) in [5.74, 6) is -0.273. The number of carbonyl (C=O) groups is 2. The fraction of sp³-hybridized carbons (Fsp3) is 0.136. The van der Waals surface area contributed by atoms with E-state index in [1.165, 1.54) is 24.3 Å². The van der Waals surface area contributed by atoms with Gasteiger partial charge in [0.1, 0.15) is 6.61 Å². The zero-order chi connectivity index (χ0) is 21.8. The van der Waals surface area contributed by atoms with Gasteiger partial charge in [-0.3, -0.25) is 4.79 Å². The van der Waals surface area contributed by atoms with Crippen molar-refractivity contribution in [3.05, 3.63) is 70.2 Å². The summed E-state index contributed by atoms with van der Waals surface area (Å²) in [6, 6.07) is 9.49. The summed E-state index contributed by atoms with van der Waals surface area (Å²) < 4.78 is 11.7. The maximum absolute atomic E-state index is 13.0. The molecule has 0 atom stereocenters. The fourth-order valence-electron chi connectivity index (χ4n) is 2.84. The highest BCUT2D eigenvalue weighted by atomic mass is 79.9. The van der Waals surface area contributed by atoms with Crippen LogP contribution in [0.25, 0.3) is 6.08 Å². The molecule has 2 aromatic rings. The number of rotatable bonds is 7. The molecule has 0 spiro atoms. The van der Waals surface area contributed by atoms with E-state index >= 15 is 0 Å². The molecular formula is C22H19BrN2O5. The van der Waals surface area contributed by atoms with Crippen molar-refractivity contribution in [1.82, 2.24) is 0 Å². The van der Waals surface area contributed by atoms with E-state index in [1.807, 2.05) is 0 Å². The first-order valence-corrected chi connectivity index (χ1v) is 9.71. The van der Waals surface area contributed by atoms with Gasteiger partial charge in [0.15, 0.2) is 11.5 Å². The van der Waals surface area contributed by atoms with E-state index in [4.69, 9.17) is 14.6 Å². The Hall–Kier alpha value is -3.39. The molecule has 8 heteroatoms. The van der Waals surface area contributed by atoms with E-state index in [-0.39, 0.29) is 11.5 Å². The number of anilines is 1. The average molecular weight is 471 g/mol. The summed E-state index contributed by atoms with van der Waals surface area (Å²) in [6.45, 7) is 5.70. The molecule has 0 bridgehead atoms. The average Bonchev–Trinajstić information content (AvgIpc) is 3.01. The van der Waals surface area contributed by atoms with Crippen molar-refractivity contribution in [3.8, 4) is 11.5 Å². The summed E-state index contributed by atoms with van der Waals surface area (Å²) in [7, 11) is 1.54. The summed E-state index contributed by atoms with van der Waals surface area (Å²) in [6.07, 6.45) is 3.36. The molecule has 0 aliphatic carbocycles. The first-order valence-electron chi connectivity index (χ1n) is 8.92. The molecule has 2 aromatic carbocycles. The molecular weight excluding hydrogens is 452 g/mol. The second-order valence-corrected chi connectivity index (χ2v) is 7.19. The Morgan fingerprint density at radius 2 is 1.97 bits per heavy atom. The van der Waals surface area contributed by atoms with Gasteiger partial charge in [0.2, 0.25) is 0 Å². The number of halogens is 1. The predicted molar refractivity (Wildman–Crippen MR) is 118 cm³/mol. The Balaban J connectivity index is 1.93. The predicted octanol–water partition coefficient (Wildman–Crippen LogP) is 4.53. The Morgan fingerprint density at radius 3 is 2.57 bits per heavy atom. The third kappa shape index (κ3) is 4.28. The van der Waals surface area contributed by atoms with Crippen molar-refractivity contribution in [2.24, 2.45) is 5.10 Å². The molecule has 0 fully saturated rings. The molecule has 1 aliphatic rings. The number of ether oxygens (including phenoxy) is 2. The number of nitrogens with zero attached hydrogens (tertiary/aromatic N) is 2. The number of carboxylic acid groups (broad SMARTS) is 1. The molecule has 1 amide bonds. The van der Waals surface area contributed by atoms with E-state index in [9.17, 15) is 9.59 Å². The summed E-state index contributed by atoms with van der Waals surface area (Å²) in [5, 5.41) is 14.6. The lowest BCUT2D eigenvalue weighted by atomic mass is 10.1. The summed E-state index contributed by atoms with van der Waals surface area (Å²) >= 11 is 3.50. The maximum Gasteiger partial charge on any atom is 0.335 e. The second-order valence-electron chi connectivity index (χ2n) is 6.34. The van der Waals surface area contributed by atoms with Crippen LogP contribution in [0.2, 0.25) is 0 Å². The van der Waals surface area contributed by atoms with Gasteiger partial charge in [0.05, 0.1) is 29.6 Å². The SMILES string of the molecule is C=CCOc1cc(Br)c(/C=C2\C(=O)N(c3ccc(C(=O)O)cc3)N=C2C)cc1OC. The first-order chi connectivity index (χ1) is 14.3. The van der Waals surface area contributed by atoms with Gasteiger partial charge in [0.25, 0.3) is 5.91 Å². The van der Waals surface area contributed by atoms with Gasteiger partial charge in [0, 0.05) is 4.47 Å². The van der Waals surface area contributed by atoms with Crippen molar-refractivity contribution in [2.75, 3.05) is 18.7 Å². The van der Waals surface area contributed by atoms with Gasteiger partial charge in [-0.15, -0.1) is 0 Å². The van der Waals surface area contributed by atoms with Gasteiger partial charge in [-0.1, -0.05) is 28.6 Å².